The summed E-state index contributed by atoms with van der Waals surface area (Å²) in [5, 5.41) is 4.43. The van der Waals surface area contributed by atoms with E-state index in [2.05, 4.69) is 24.2 Å². The van der Waals surface area contributed by atoms with Gasteiger partial charge in [0.2, 0.25) is 0 Å². The summed E-state index contributed by atoms with van der Waals surface area (Å²) < 4.78 is 11.1. The fourth-order valence-electron chi connectivity index (χ4n) is 2.09. The lowest BCUT2D eigenvalue weighted by Gasteiger charge is -2.28. The Hall–Kier alpha value is -0.530. The molecule has 1 aliphatic rings. The minimum absolute atomic E-state index is 0.106. The molecule has 0 bridgehead atoms. The molecule has 0 spiro atoms. The lowest BCUT2D eigenvalue weighted by atomic mass is 10.3. The van der Waals surface area contributed by atoms with Crippen LogP contribution < -0.4 is 5.32 Å². The van der Waals surface area contributed by atoms with Crippen LogP contribution in [0.2, 0.25) is 0 Å². The van der Waals surface area contributed by atoms with Crippen molar-refractivity contribution in [2.24, 2.45) is 0 Å². The van der Waals surface area contributed by atoms with Crippen LogP contribution in [0.25, 0.3) is 0 Å². The molecular weight excluding hydrogens is 262 g/mol. The third-order valence-electron chi connectivity index (χ3n) is 3.16. The van der Waals surface area contributed by atoms with Gasteiger partial charge in [-0.3, -0.25) is 0 Å². The molecule has 1 aromatic heterocycles. The number of ether oxygens (including phenoxy) is 2. The first-order chi connectivity index (χ1) is 9.24. The van der Waals surface area contributed by atoms with Crippen LogP contribution in [0.1, 0.15) is 28.6 Å². The first-order valence-electron chi connectivity index (χ1n) is 6.72. The van der Waals surface area contributed by atoms with Gasteiger partial charge in [0.25, 0.3) is 0 Å². The average Bonchev–Trinajstić information content (AvgIpc) is 2.80. The number of morpholine rings is 1. The van der Waals surface area contributed by atoms with Crippen LogP contribution in [0.15, 0.2) is 0 Å². The maximum Gasteiger partial charge on any atom is 0.124 e. The summed E-state index contributed by atoms with van der Waals surface area (Å²) in [5.74, 6) is 0. The minimum Gasteiger partial charge on any atom is -0.378 e. The number of nitrogens with one attached hydrogen (secondary N) is 1. The van der Waals surface area contributed by atoms with Crippen molar-refractivity contribution in [2.45, 2.75) is 26.2 Å². The van der Waals surface area contributed by atoms with Gasteiger partial charge in [0, 0.05) is 31.6 Å². The SMILES string of the molecule is CCNCc1sc(C2CN(C)CCO2)nc1COC. The van der Waals surface area contributed by atoms with Crippen LogP contribution >= 0.6 is 11.3 Å². The van der Waals surface area contributed by atoms with Crippen LogP contribution in [-0.2, 0) is 22.6 Å². The fourth-order valence-corrected chi connectivity index (χ4v) is 3.17. The molecule has 19 heavy (non-hydrogen) atoms. The largest absolute Gasteiger partial charge is 0.378 e. The quantitative estimate of drug-likeness (QED) is 0.856. The molecule has 1 unspecified atom stereocenters. The number of methoxy groups -OCH3 is 1. The Kier molecular flexibility index (Phi) is 5.72. The molecule has 108 valence electrons. The summed E-state index contributed by atoms with van der Waals surface area (Å²) in [4.78, 5) is 8.26. The van der Waals surface area contributed by atoms with E-state index in [9.17, 15) is 0 Å². The van der Waals surface area contributed by atoms with Crippen LogP contribution in [0.3, 0.4) is 0 Å². The van der Waals surface area contributed by atoms with Crippen LogP contribution in [0.4, 0.5) is 0 Å². The number of aromatic nitrogens is 1. The Morgan fingerprint density at radius 2 is 2.42 bits per heavy atom. The van der Waals surface area contributed by atoms with Crippen molar-refractivity contribution in [1.82, 2.24) is 15.2 Å². The van der Waals surface area contributed by atoms with Gasteiger partial charge in [-0.2, -0.15) is 0 Å². The molecule has 0 amide bonds. The second-order valence-electron chi connectivity index (χ2n) is 4.76. The van der Waals surface area contributed by atoms with Gasteiger partial charge in [0.05, 0.1) is 18.9 Å². The van der Waals surface area contributed by atoms with Gasteiger partial charge in [-0.25, -0.2) is 4.98 Å². The van der Waals surface area contributed by atoms with Crippen LogP contribution in [0, 0.1) is 0 Å². The van der Waals surface area contributed by atoms with Gasteiger partial charge in [0.15, 0.2) is 0 Å². The lowest BCUT2D eigenvalue weighted by molar-refractivity contribution is -0.0211. The Bertz CT molecular complexity index is 397. The standard InChI is InChI=1S/C13H23N3O2S/c1-4-14-7-12-10(9-17-3)15-13(19-12)11-8-16(2)5-6-18-11/h11,14H,4-9H2,1-3H3. The summed E-state index contributed by atoms with van der Waals surface area (Å²) in [5.41, 5.74) is 1.04. The van der Waals surface area contributed by atoms with E-state index in [0.717, 1.165) is 43.5 Å². The molecule has 0 aliphatic carbocycles. The maximum absolute atomic E-state index is 5.83. The molecule has 1 fully saturated rings. The molecule has 0 aromatic carbocycles. The summed E-state index contributed by atoms with van der Waals surface area (Å²) in [6, 6.07) is 0. The predicted octanol–water partition coefficient (Wildman–Crippen LogP) is 1.40. The zero-order chi connectivity index (χ0) is 13.7. The predicted molar refractivity (Wildman–Crippen MR) is 76.4 cm³/mol. The molecule has 2 rings (SSSR count). The van der Waals surface area contributed by atoms with Crippen molar-refractivity contribution < 1.29 is 9.47 Å². The summed E-state index contributed by atoms with van der Waals surface area (Å²) in [7, 11) is 3.83. The first-order valence-corrected chi connectivity index (χ1v) is 7.54. The molecular formula is C13H23N3O2S. The molecule has 1 aromatic rings. The number of rotatable bonds is 6. The molecule has 0 radical (unpaired) electrons. The molecule has 2 heterocycles. The lowest BCUT2D eigenvalue weighted by Crippen LogP contribution is -2.35. The molecule has 1 aliphatic heterocycles. The van der Waals surface area contributed by atoms with Crippen molar-refractivity contribution in [3.63, 3.8) is 0 Å². The number of hydrogen-bond donors (Lipinski definition) is 1. The second-order valence-corrected chi connectivity index (χ2v) is 5.87. The molecule has 1 saturated heterocycles. The van der Waals surface area contributed by atoms with Gasteiger partial charge in [-0.1, -0.05) is 6.92 Å². The second kappa shape index (κ2) is 7.31. The normalized spacial score (nSPS) is 20.9. The summed E-state index contributed by atoms with van der Waals surface area (Å²) in [6.45, 7) is 7.19. The molecule has 1 atom stereocenters. The number of hydrogen-bond acceptors (Lipinski definition) is 6. The van der Waals surface area contributed by atoms with Gasteiger partial charge in [0.1, 0.15) is 11.1 Å². The van der Waals surface area contributed by atoms with E-state index >= 15 is 0 Å². The molecule has 5 nitrogen and oxygen atoms in total. The number of likely N-dealkylation sites (N-methyl/N-ethyl adjacent to an activating group) is 1. The molecule has 6 heteroatoms. The molecule has 0 saturated carbocycles. The Morgan fingerprint density at radius 1 is 1.58 bits per heavy atom. The first kappa shape index (κ1) is 14.9. The highest BCUT2D eigenvalue weighted by molar-refractivity contribution is 7.11. The highest BCUT2D eigenvalue weighted by Gasteiger charge is 2.24. The van der Waals surface area contributed by atoms with Crippen molar-refractivity contribution in [1.29, 1.82) is 0 Å². The van der Waals surface area contributed by atoms with E-state index in [4.69, 9.17) is 14.5 Å². The van der Waals surface area contributed by atoms with Gasteiger partial charge >= 0.3 is 0 Å². The number of nitrogens with zero attached hydrogens (tertiary/aromatic N) is 2. The zero-order valence-electron chi connectivity index (χ0n) is 11.9. The van der Waals surface area contributed by atoms with E-state index < -0.39 is 0 Å². The third-order valence-corrected chi connectivity index (χ3v) is 4.35. The van der Waals surface area contributed by atoms with Crippen molar-refractivity contribution in [3.8, 4) is 0 Å². The smallest absolute Gasteiger partial charge is 0.124 e. The average molecular weight is 285 g/mol. The van der Waals surface area contributed by atoms with Crippen molar-refractivity contribution in [3.05, 3.63) is 15.6 Å². The van der Waals surface area contributed by atoms with Crippen molar-refractivity contribution >= 4 is 11.3 Å². The van der Waals surface area contributed by atoms with Gasteiger partial charge < -0.3 is 19.7 Å². The van der Waals surface area contributed by atoms with E-state index in [0.29, 0.717) is 6.61 Å². The zero-order valence-corrected chi connectivity index (χ0v) is 12.8. The maximum atomic E-state index is 5.83. The highest BCUT2D eigenvalue weighted by Crippen LogP contribution is 2.28. The Morgan fingerprint density at radius 3 is 3.11 bits per heavy atom. The Balaban J connectivity index is 2.11. The Labute approximate surface area is 118 Å². The number of thiazole rings is 1. The summed E-state index contributed by atoms with van der Waals surface area (Å²) >= 11 is 1.74. The third kappa shape index (κ3) is 3.97. The fraction of sp³-hybridized carbons (Fsp3) is 0.769. The minimum atomic E-state index is 0.106. The van der Waals surface area contributed by atoms with E-state index in [1.54, 1.807) is 18.4 Å². The van der Waals surface area contributed by atoms with Crippen molar-refractivity contribution in [2.75, 3.05) is 40.4 Å². The highest BCUT2D eigenvalue weighted by atomic mass is 32.1. The van der Waals surface area contributed by atoms with E-state index in [1.165, 1.54) is 4.88 Å². The van der Waals surface area contributed by atoms with E-state index in [-0.39, 0.29) is 6.10 Å². The van der Waals surface area contributed by atoms with Crippen LogP contribution in [-0.4, -0.2) is 50.3 Å². The summed E-state index contributed by atoms with van der Waals surface area (Å²) in [6.07, 6.45) is 0.106. The van der Waals surface area contributed by atoms with Gasteiger partial charge in [-0.05, 0) is 13.6 Å². The van der Waals surface area contributed by atoms with E-state index in [1.807, 2.05) is 0 Å². The topological polar surface area (TPSA) is 46.6 Å². The molecule has 1 N–H and O–H groups in total. The monoisotopic (exact) mass is 285 g/mol. The van der Waals surface area contributed by atoms with Crippen LogP contribution in [0.5, 0.6) is 0 Å². The van der Waals surface area contributed by atoms with Gasteiger partial charge in [-0.15, -0.1) is 11.3 Å².